The number of benzene rings is 1. The van der Waals surface area contributed by atoms with Crippen molar-refractivity contribution < 1.29 is 4.79 Å². The first kappa shape index (κ1) is 14.6. The van der Waals surface area contributed by atoms with E-state index in [1.54, 1.807) is 0 Å². The summed E-state index contributed by atoms with van der Waals surface area (Å²) in [5.41, 5.74) is 2.25. The zero-order valence-corrected chi connectivity index (χ0v) is 12.7. The van der Waals surface area contributed by atoms with E-state index in [0.717, 1.165) is 16.5 Å². The Morgan fingerprint density at radius 3 is 2.75 bits per heavy atom. The Bertz CT molecular complexity index is 601. The average molecular weight is 273 g/mol. The van der Waals surface area contributed by atoms with Gasteiger partial charge in [0.1, 0.15) is 0 Å². The minimum Gasteiger partial charge on any atom is -0.354 e. The molecule has 1 unspecified atom stereocenters. The molecule has 0 saturated heterocycles. The molecule has 4 heteroatoms. The Balaban J connectivity index is 2.03. The van der Waals surface area contributed by atoms with Crippen LogP contribution in [-0.4, -0.2) is 42.1 Å². The zero-order chi connectivity index (χ0) is 14.7. The monoisotopic (exact) mass is 273 g/mol. The first-order valence-electron chi connectivity index (χ1n) is 6.95. The fraction of sp³-hybridized carbons (Fsp3) is 0.438. The van der Waals surface area contributed by atoms with Gasteiger partial charge in [-0.3, -0.25) is 4.79 Å². The maximum atomic E-state index is 12.1. The SMILES string of the molecule is CC(CNC(=O)Cc1cn(C)c2ccccc12)N(C)C. The molecular weight excluding hydrogens is 250 g/mol. The molecule has 20 heavy (non-hydrogen) atoms. The minimum absolute atomic E-state index is 0.0788. The molecule has 2 aromatic rings. The number of para-hydroxylation sites is 1. The van der Waals surface area contributed by atoms with Crippen LogP contribution in [0, 0.1) is 0 Å². The predicted octanol–water partition coefficient (Wildman–Crippen LogP) is 1.79. The van der Waals surface area contributed by atoms with Crippen molar-refractivity contribution in [2.24, 2.45) is 7.05 Å². The van der Waals surface area contributed by atoms with Crippen LogP contribution in [0.25, 0.3) is 10.9 Å². The van der Waals surface area contributed by atoms with E-state index >= 15 is 0 Å². The summed E-state index contributed by atoms with van der Waals surface area (Å²) in [5.74, 6) is 0.0788. The van der Waals surface area contributed by atoms with Crippen LogP contribution in [0.5, 0.6) is 0 Å². The lowest BCUT2D eigenvalue weighted by atomic mass is 10.1. The summed E-state index contributed by atoms with van der Waals surface area (Å²) in [5, 5.41) is 4.15. The van der Waals surface area contributed by atoms with Gasteiger partial charge in [0.2, 0.25) is 5.91 Å². The molecule has 0 saturated carbocycles. The highest BCUT2D eigenvalue weighted by Gasteiger charge is 2.11. The van der Waals surface area contributed by atoms with Crippen molar-refractivity contribution in [3.05, 3.63) is 36.0 Å². The zero-order valence-electron chi connectivity index (χ0n) is 12.7. The van der Waals surface area contributed by atoms with E-state index in [9.17, 15) is 4.79 Å². The Kier molecular flexibility index (Phi) is 4.45. The van der Waals surface area contributed by atoms with E-state index in [-0.39, 0.29) is 5.91 Å². The number of rotatable bonds is 5. The van der Waals surface area contributed by atoms with Crippen LogP contribution in [0.3, 0.4) is 0 Å². The predicted molar refractivity (Wildman–Crippen MR) is 82.8 cm³/mol. The van der Waals surface area contributed by atoms with E-state index in [4.69, 9.17) is 0 Å². The number of hydrogen-bond acceptors (Lipinski definition) is 2. The lowest BCUT2D eigenvalue weighted by Gasteiger charge is -2.19. The molecule has 0 radical (unpaired) electrons. The summed E-state index contributed by atoms with van der Waals surface area (Å²) < 4.78 is 2.07. The second-order valence-electron chi connectivity index (χ2n) is 5.58. The van der Waals surface area contributed by atoms with Gasteiger partial charge in [-0.25, -0.2) is 0 Å². The van der Waals surface area contributed by atoms with Crippen molar-refractivity contribution in [1.82, 2.24) is 14.8 Å². The summed E-state index contributed by atoms with van der Waals surface area (Å²) >= 11 is 0. The van der Waals surface area contributed by atoms with Crippen molar-refractivity contribution in [2.45, 2.75) is 19.4 Å². The maximum absolute atomic E-state index is 12.1. The lowest BCUT2D eigenvalue weighted by Crippen LogP contribution is -2.38. The summed E-state index contributed by atoms with van der Waals surface area (Å²) in [6, 6.07) is 8.51. The number of carbonyl (C=O) groups is 1. The summed E-state index contributed by atoms with van der Waals surface area (Å²) in [4.78, 5) is 14.1. The second kappa shape index (κ2) is 6.09. The van der Waals surface area contributed by atoms with Gasteiger partial charge in [-0.05, 0) is 32.6 Å². The van der Waals surface area contributed by atoms with Gasteiger partial charge in [-0.2, -0.15) is 0 Å². The average Bonchev–Trinajstić information content (AvgIpc) is 2.73. The topological polar surface area (TPSA) is 37.3 Å². The number of likely N-dealkylation sites (N-methyl/N-ethyl adjacent to an activating group) is 1. The smallest absolute Gasteiger partial charge is 0.224 e. The second-order valence-corrected chi connectivity index (χ2v) is 5.58. The molecule has 0 aliphatic rings. The molecule has 0 aliphatic heterocycles. The number of fused-ring (bicyclic) bond motifs is 1. The first-order valence-corrected chi connectivity index (χ1v) is 6.95. The molecule has 108 valence electrons. The summed E-state index contributed by atoms with van der Waals surface area (Å²) in [6.45, 7) is 2.77. The molecule has 1 aromatic heterocycles. The number of hydrogen-bond donors (Lipinski definition) is 1. The van der Waals surface area contributed by atoms with Gasteiger partial charge in [0, 0.05) is 36.7 Å². The van der Waals surface area contributed by atoms with Crippen molar-refractivity contribution in [3.63, 3.8) is 0 Å². The standard InChI is InChI=1S/C16H23N3O/c1-12(18(2)3)10-17-16(20)9-13-11-19(4)15-8-6-5-7-14(13)15/h5-8,11-12H,9-10H2,1-4H3,(H,17,20). The van der Waals surface area contributed by atoms with Crippen LogP contribution in [-0.2, 0) is 18.3 Å². The Morgan fingerprint density at radius 2 is 2.05 bits per heavy atom. The molecule has 2 rings (SSSR count). The number of aromatic nitrogens is 1. The fourth-order valence-corrected chi connectivity index (χ4v) is 2.25. The number of carbonyl (C=O) groups excluding carboxylic acids is 1. The van der Waals surface area contributed by atoms with Crippen LogP contribution in [0.15, 0.2) is 30.5 Å². The van der Waals surface area contributed by atoms with Crippen molar-refractivity contribution in [3.8, 4) is 0 Å². The van der Waals surface area contributed by atoms with Crippen LogP contribution in [0.4, 0.5) is 0 Å². The highest BCUT2D eigenvalue weighted by atomic mass is 16.1. The van der Waals surface area contributed by atoms with Crippen LogP contribution in [0.1, 0.15) is 12.5 Å². The molecular formula is C16H23N3O. The molecule has 1 atom stereocenters. The van der Waals surface area contributed by atoms with E-state index in [0.29, 0.717) is 19.0 Å². The number of amides is 1. The molecule has 0 fully saturated rings. The maximum Gasteiger partial charge on any atom is 0.224 e. The largest absolute Gasteiger partial charge is 0.354 e. The number of nitrogens with one attached hydrogen (secondary N) is 1. The Morgan fingerprint density at radius 1 is 1.35 bits per heavy atom. The van der Waals surface area contributed by atoms with Gasteiger partial charge in [-0.15, -0.1) is 0 Å². The molecule has 4 nitrogen and oxygen atoms in total. The first-order chi connectivity index (χ1) is 9.49. The van der Waals surface area contributed by atoms with Crippen molar-refractivity contribution >= 4 is 16.8 Å². The van der Waals surface area contributed by atoms with Crippen molar-refractivity contribution in [1.29, 1.82) is 0 Å². The van der Waals surface area contributed by atoms with E-state index in [1.807, 2.05) is 39.5 Å². The molecule has 1 aromatic carbocycles. The summed E-state index contributed by atoms with van der Waals surface area (Å²) in [7, 11) is 6.04. The van der Waals surface area contributed by atoms with Gasteiger partial charge in [-0.1, -0.05) is 18.2 Å². The Hall–Kier alpha value is -1.81. The third-order valence-corrected chi connectivity index (χ3v) is 3.81. The van der Waals surface area contributed by atoms with Gasteiger partial charge in [0.05, 0.1) is 6.42 Å². The Labute approximate surface area is 120 Å². The van der Waals surface area contributed by atoms with Crippen LogP contribution in [0.2, 0.25) is 0 Å². The van der Waals surface area contributed by atoms with E-state index < -0.39 is 0 Å². The van der Waals surface area contributed by atoms with Crippen LogP contribution < -0.4 is 5.32 Å². The molecule has 0 spiro atoms. The normalized spacial score (nSPS) is 12.8. The highest BCUT2D eigenvalue weighted by molar-refractivity contribution is 5.89. The third-order valence-electron chi connectivity index (χ3n) is 3.81. The molecule has 0 bridgehead atoms. The minimum atomic E-state index is 0.0788. The third kappa shape index (κ3) is 3.20. The quantitative estimate of drug-likeness (QED) is 0.902. The fourth-order valence-electron chi connectivity index (χ4n) is 2.25. The number of nitrogens with zero attached hydrogens (tertiary/aromatic N) is 2. The molecule has 1 amide bonds. The van der Waals surface area contributed by atoms with E-state index in [1.165, 1.54) is 0 Å². The van der Waals surface area contributed by atoms with Crippen molar-refractivity contribution in [2.75, 3.05) is 20.6 Å². The van der Waals surface area contributed by atoms with Gasteiger partial charge in [0.25, 0.3) is 0 Å². The summed E-state index contributed by atoms with van der Waals surface area (Å²) in [6.07, 6.45) is 2.47. The van der Waals surface area contributed by atoms with Crippen LogP contribution >= 0.6 is 0 Å². The van der Waals surface area contributed by atoms with Gasteiger partial charge in [0.15, 0.2) is 0 Å². The molecule has 1 heterocycles. The number of aryl methyl sites for hydroxylation is 1. The van der Waals surface area contributed by atoms with Gasteiger partial charge >= 0.3 is 0 Å². The molecule has 0 aliphatic carbocycles. The lowest BCUT2D eigenvalue weighted by molar-refractivity contribution is -0.120. The van der Waals surface area contributed by atoms with Gasteiger partial charge < -0.3 is 14.8 Å². The highest BCUT2D eigenvalue weighted by Crippen LogP contribution is 2.20. The van der Waals surface area contributed by atoms with E-state index in [2.05, 4.69) is 33.8 Å². The molecule has 1 N–H and O–H groups in total.